The van der Waals surface area contributed by atoms with Gasteiger partial charge in [-0.3, -0.25) is 4.79 Å². The average molecular weight is 286 g/mol. The molecule has 0 radical (unpaired) electrons. The number of carbonyl (C=O) groups is 1. The third-order valence-electron chi connectivity index (χ3n) is 3.27. The van der Waals surface area contributed by atoms with E-state index in [9.17, 15) is 15.0 Å². The number of para-hydroxylation sites is 1. The molecule has 110 valence electrons. The number of aromatic hydroxyl groups is 1. The SMILES string of the molecule is CCOc1ccccc1CC(C(=O)O)c1cccc(O)c1. The number of hydrogen-bond acceptors (Lipinski definition) is 3. The molecule has 2 aromatic rings. The van der Waals surface area contributed by atoms with Crippen LogP contribution in [0.3, 0.4) is 0 Å². The summed E-state index contributed by atoms with van der Waals surface area (Å²) in [4.78, 5) is 11.6. The second-order valence-corrected chi connectivity index (χ2v) is 4.73. The minimum atomic E-state index is -0.924. The fourth-order valence-corrected chi connectivity index (χ4v) is 2.28. The van der Waals surface area contributed by atoms with Crippen LogP contribution >= 0.6 is 0 Å². The first-order valence-corrected chi connectivity index (χ1v) is 6.84. The van der Waals surface area contributed by atoms with Crippen molar-refractivity contribution in [1.29, 1.82) is 0 Å². The first-order valence-electron chi connectivity index (χ1n) is 6.84. The Morgan fingerprint density at radius 3 is 2.62 bits per heavy atom. The van der Waals surface area contributed by atoms with Crippen molar-refractivity contribution in [1.82, 2.24) is 0 Å². The van der Waals surface area contributed by atoms with Gasteiger partial charge in [0.25, 0.3) is 0 Å². The van der Waals surface area contributed by atoms with E-state index in [0.717, 1.165) is 5.56 Å². The van der Waals surface area contributed by atoms with Crippen LogP contribution in [0.25, 0.3) is 0 Å². The summed E-state index contributed by atoms with van der Waals surface area (Å²) in [5.74, 6) is -0.881. The van der Waals surface area contributed by atoms with Crippen LogP contribution in [0.4, 0.5) is 0 Å². The highest BCUT2D eigenvalue weighted by Gasteiger charge is 2.22. The Bertz CT molecular complexity index is 622. The molecule has 2 N–H and O–H groups in total. The van der Waals surface area contributed by atoms with Gasteiger partial charge in [0.05, 0.1) is 12.5 Å². The van der Waals surface area contributed by atoms with E-state index in [0.29, 0.717) is 24.3 Å². The molecule has 0 bridgehead atoms. The summed E-state index contributed by atoms with van der Waals surface area (Å²) in [7, 11) is 0. The van der Waals surface area contributed by atoms with Crippen molar-refractivity contribution in [3.8, 4) is 11.5 Å². The molecule has 1 atom stereocenters. The molecule has 4 heteroatoms. The van der Waals surface area contributed by atoms with E-state index in [1.54, 1.807) is 12.1 Å². The second-order valence-electron chi connectivity index (χ2n) is 4.73. The summed E-state index contributed by atoms with van der Waals surface area (Å²) in [6.07, 6.45) is 0.314. The molecule has 2 rings (SSSR count). The van der Waals surface area contributed by atoms with Crippen LogP contribution in [0.2, 0.25) is 0 Å². The lowest BCUT2D eigenvalue weighted by atomic mass is 9.91. The first-order chi connectivity index (χ1) is 10.1. The molecule has 0 aliphatic rings. The monoisotopic (exact) mass is 286 g/mol. The Labute approximate surface area is 123 Å². The zero-order valence-corrected chi connectivity index (χ0v) is 11.8. The maximum absolute atomic E-state index is 11.6. The quantitative estimate of drug-likeness (QED) is 0.855. The third-order valence-corrected chi connectivity index (χ3v) is 3.27. The molecule has 2 aromatic carbocycles. The number of ether oxygens (including phenoxy) is 1. The molecule has 1 unspecified atom stereocenters. The number of phenolic OH excluding ortho intramolecular Hbond substituents is 1. The van der Waals surface area contributed by atoms with Gasteiger partial charge in [0.2, 0.25) is 0 Å². The summed E-state index contributed by atoms with van der Waals surface area (Å²) >= 11 is 0. The smallest absolute Gasteiger partial charge is 0.311 e. The van der Waals surface area contributed by atoms with E-state index in [-0.39, 0.29) is 5.75 Å². The van der Waals surface area contributed by atoms with Gasteiger partial charge in [0.1, 0.15) is 11.5 Å². The summed E-state index contributed by atoms with van der Waals surface area (Å²) in [5.41, 5.74) is 1.42. The Kier molecular flexibility index (Phi) is 4.82. The van der Waals surface area contributed by atoms with Gasteiger partial charge in [-0.15, -0.1) is 0 Å². The van der Waals surface area contributed by atoms with Crippen molar-refractivity contribution in [3.05, 3.63) is 59.7 Å². The molecular weight excluding hydrogens is 268 g/mol. The Morgan fingerprint density at radius 2 is 1.95 bits per heavy atom. The van der Waals surface area contributed by atoms with Gasteiger partial charge in [-0.05, 0) is 42.7 Å². The lowest BCUT2D eigenvalue weighted by molar-refractivity contribution is -0.138. The first kappa shape index (κ1) is 14.9. The average Bonchev–Trinajstić information content (AvgIpc) is 2.46. The molecule has 4 nitrogen and oxygen atoms in total. The lowest BCUT2D eigenvalue weighted by Crippen LogP contribution is -2.15. The molecule has 0 saturated heterocycles. The minimum Gasteiger partial charge on any atom is -0.508 e. The number of phenols is 1. The van der Waals surface area contributed by atoms with E-state index in [1.807, 2.05) is 31.2 Å². The number of rotatable bonds is 6. The molecule has 0 amide bonds. The molecule has 21 heavy (non-hydrogen) atoms. The summed E-state index contributed by atoms with van der Waals surface area (Å²) in [6, 6.07) is 13.8. The molecule has 0 saturated carbocycles. The van der Waals surface area contributed by atoms with E-state index >= 15 is 0 Å². The van der Waals surface area contributed by atoms with Crippen LogP contribution in [0.5, 0.6) is 11.5 Å². The van der Waals surface area contributed by atoms with E-state index < -0.39 is 11.9 Å². The largest absolute Gasteiger partial charge is 0.508 e. The topological polar surface area (TPSA) is 66.8 Å². The standard InChI is InChI=1S/C17H18O4/c1-2-21-16-9-4-3-6-13(16)11-15(17(19)20)12-7-5-8-14(18)10-12/h3-10,15,18H,2,11H2,1H3,(H,19,20). The van der Waals surface area contributed by atoms with Crippen LogP contribution in [-0.4, -0.2) is 22.8 Å². The third kappa shape index (κ3) is 3.75. The van der Waals surface area contributed by atoms with E-state index in [2.05, 4.69) is 0 Å². The highest BCUT2D eigenvalue weighted by molar-refractivity contribution is 5.77. The van der Waals surface area contributed by atoms with E-state index in [1.165, 1.54) is 12.1 Å². The van der Waals surface area contributed by atoms with Crippen LogP contribution in [0, 0.1) is 0 Å². The van der Waals surface area contributed by atoms with Crippen molar-refractivity contribution in [2.45, 2.75) is 19.3 Å². The predicted molar refractivity (Wildman–Crippen MR) is 79.8 cm³/mol. The fourth-order valence-electron chi connectivity index (χ4n) is 2.28. The number of aliphatic carboxylic acids is 1. The lowest BCUT2D eigenvalue weighted by Gasteiger charge is -2.16. The molecule has 0 heterocycles. The van der Waals surface area contributed by atoms with Gasteiger partial charge in [0.15, 0.2) is 0 Å². The summed E-state index contributed by atoms with van der Waals surface area (Å²) in [5, 5.41) is 19.0. The highest BCUT2D eigenvalue weighted by atomic mass is 16.5. The van der Waals surface area contributed by atoms with Crippen molar-refractivity contribution < 1.29 is 19.7 Å². The molecule has 0 aliphatic carbocycles. The van der Waals surface area contributed by atoms with Crippen molar-refractivity contribution in [2.75, 3.05) is 6.61 Å². The predicted octanol–water partition coefficient (Wildman–Crippen LogP) is 3.20. The number of benzene rings is 2. The Morgan fingerprint density at radius 1 is 1.19 bits per heavy atom. The van der Waals surface area contributed by atoms with Gasteiger partial charge in [0, 0.05) is 0 Å². The number of carboxylic acids is 1. The minimum absolute atomic E-state index is 0.0665. The van der Waals surface area contributed by atoms with Crippen LogP contribution in [0.15, 0.2) is 48.5 Å². The van der Waals surface area contributed by atoms with Crippen LogP contribution in [-0.2, 0) is 11.2 Å². The van der Waals surface area contributed by atoms with Gasteiger partial charge in [-0.1, -0.05) is 30.3 Å². The fraction of sp³-hybridized carbons (Fsp3) is 0.235. The Hall–Kier alpha value is -2.49. The summed E-state index contributed by atoms with van der Waals surface area (Å²) in [6.45, 7) is 2.42. The molecule has 0 aliphatic heterocycles. The zero-order chi connectivity index (χ0) is 15.2. The van der Waals surface area contributed by atoms with Crippen LogP contribution in [0.1, 0.15) is 24.0 Å². The molecule has 0 fully saturated rings. The number of carboxylic acid groups (broad SMARTS) is 1. The normalized spacial score (nSPS) is 11.9. The number of hydrogen-bond donors (Lipinski definition) is 2. The highest BCUT2D eigenvalue weighted by Crippen LogP contribution is 2.28. The molecule has 0 aromatic heterocycles. The van der Waals surface area contributed by atoms with Gasteiger partial charge in [-0.2, -0.15) is 0 Å². The second kappa shape index (κ2) is 6.79. The van der Waals surface area contributed by atoms with Crippen molar-refractivity contribution >= 4 is 5.97 Å². The maximum Gasteiger partial charge on any atom is 0.311 e. The van der Waals surface area contributed by atoms with Gasteiger partial charge in [-0.25, -0.2) is 0 Å². The summed E-state index contributed by atoms with van der Waals surface area (Å²) < 4.78 is 5.53. The van der Waals surface area contributed by atoms with Crippen molar-refractivity contribution in [2.24, 2.45) is 0 Å². The van der Waals surface area contributed by atoms with Gasteiger partial charge >= 0.3 is 5.97 Å². The van der Waals surface area contributed by atoms with Gasteiger partial charge < -0.3 is 14.9 Å². The Balaban J connectivity index is 2.31. The van der Waals surface area contributed by atoms with E-state index in [4.69, 9.17) is 4.74 Å². The van der Waals surface area contributed by atoms with Crippen LogP contribution < -0.4 is 4.74 Å². The zero-order valence-electron chi connectivity index (χ0n) is 11.8. The molecule has 0 spiro atoms. The maximum atomic E-state index is 11.6. The van der Waals surface area contributed by atoms with Crippen molar-refractivity contribution in [3.63, 3.8) is 0 Å². The molecular formula is C17H18O4.